The summed E-state index contributed by atoms with van der Waals surface area (Å²) in [6.07, 6.45) is 1.98. The third kappa shape index (κ3) is 8.21. The molecule has 0 aromatic carbocycles. The molecule has 7 heteroatoms. The van der Waals surface area contributed by atoms with E-state index in [2.05, 4.69) is 10.2 Å². The molecule has 1 aliphatic heterocycles. The second kappa shape index (κ2) is 10.6. The van der Waals surface area contributed by atoms with Gasteiger partial charge in [-0.05, 0) is 18.3 Å². The molecule has 0 radical (unpaired) electrons. The van der Waals surface area contributed by atoms with Crippen LogP contribution in [0.15, 0.2) is 0 Å². The minimum absolute atomic E-state index is 0. The van der Waals surface area contributed by atoms with E-state index in [0.29, 0.717) is 0 Å². The van der Waals surface area contributed by atoms with E-state index in [4.69, 9.17) is 10.5 Å². The second-order valence-electron chi connectivity index (χ2n) is 6.46. The van der Waals surface area contributed by atoms with Gasteiger partial charge < -0.3 is 20.7 Å². The van der Waals surface area contributed by atoms with Crippen molar-refractivity contribution in [2.75, 3.05) is 33.4 Å². The van der Waals surface area contributed by atoms with Crippen LogP contribution in [0.4, 0.5) is 0 Å². The Labute approximate surface area is 141 Å². The summed E-state index contributed by atoms with van der Waals surface area (Å²) in [4.78, 5) is 14.4. The van der Waals surface area contributed by atoms with Crippen molar-refractivity contribution >= 4 is 30.7 Å². The highest BCUT2D eigenvalue weighted by molar-refractivity contribution is 5.85. The second-order valence-corrected chi connectivity index (χ2v) is 6.46. The van der Waals surface area contributed by atoms with E-state index >= 15 is 0 Å². The SMILES string of the molecule is COCCN1CCC(NC(=O)[C@@H](N)C(C)(C)C)CC1.Cl.Cl. The summed E-state index contributed by atoms with van der Waals surface area (Å²) in [5, 5.41) is 3.08. The number of halogens is 2. The van der Waals surface area contributed by atoms with Crippen LogP contribution in [-0.4, -0.2) is 56.2 Å². The van der Waals surface area contributed by atoms with Crippen molar-refractivity contribution in [2.45, 2.75) is 45.7 Å². The minimum atomic E-state index is -0.445. The highest BCUT2D eigenvalue weighted by Crippen LogP contribution is 2.18. The van der Waals surface area contributed by atoms with Gasteiger partial charge in [-0.3, -0.25) is 4.79 Å². The number of nitrogens with one attached hydrogen (secondary N) is 1. The Bertz CT molecular complexity index is 290. The highest BCUT2D eigenvalue weighted by atomic mass is 35.5. The standard InChI is InChI=1S/C14H29N3O2.2ClH/c1-14(2,3)12(15)13(18)16-11-5-7-17(8-6-11)9-10-19-4;;/h11-12H,5-10,15H2,1-4H3,(H,16,18);2*1H/t12-;;/m1../s1. The van der Waals surface area contributed by atoms with E-state index in [1.54, 1.807) is 7.11 Å². The van der Waals surface area contributed by atoms with E-state index in [1.165, 1.54) is 0 Å². The summed E-state index contributed by atoms with van der Waals surface area (Å²) in [5.41, 5.74) is 5.77. The van der Waals surface area contributed by atoms with Crippen LogP contribution in [0.3, 0.4) is 0 Å². The first-order valence-electron chi connectivity index (χ1n) is 7.12. The number of ether oxygens (including phenoxy) is 1. The first kappa shape index (κ1) is 23.2. The summed E-state index contributed by atoms with van der Waals surface area (Å²) in [7, 11) is 1.72. The van der Waals surface area contributed by atoms with Gasteiger partial charge >= 0.3 is 0 Å². The molecule has 0 saturated carbocycles. The van der Waals surface area contributed by atoms with Gasteiger partial charge in [0.05, 0.1) is 12.6 Å². The third-order valence-corrected chi connectivity index (χ3v) is 3.76. The smallest absolute Gasteiger partial charge is 0.237 e. The van der Waals surface area contributed by atoms with E-state index < -0.39 is 6.04 Å². The van der Waals surface area contributed by atoms with Crippen molar-refractivity contribution in [3.8, 4) is 0 Å². The van der Waals surface area contributed by atoms with Gasteiger partial charge in [0.25, 0.3) is 0 Å². The molecule has 1 heterocycles. The Morgan fingerprint density at radius 3 is 2.29 bits per heavy atom. The van der Waals surface area contributed by atoms with Gasteiger partial charge in [-0.1, -0.05) is 20.8 Å². The van der Waals surface area contributed by atoms with Crippen molar-refractivity contribution in [1.29, 1.82) is 0 Å². The normalized spacial score (nSPS) is 18.3. The Morgan fingerprint density at radius 1 is 1.33 bits per heavy atom. The van der Waals surface area contributed by atoms with Crippen LogP contribution in [-0.2, 0) is 9.53 Å². The van der Waals surface area contributed by atoms with E-state index in [9.17, 15) is 4.79 Å². The number of hydrogen-bond acceptors (Lipinski definition) is 4. The number of carbonyl (C=O) groups is 1. The monoisotopic (exact) mass is 343 g/mol. The molecule has 1 saturated heterocycles. The van der Waals surface area contributed by atoms with Crippen LogP contribution in [0.25, 0.3) is 0 Å². The van der Waals surface area contributed by atoms with Crippen molar-refractivity contribution in [1.82, 2.24) is 10.2 Å². The summed E-state index contributed by atoms with van der Waals surface area (Å²) in [6, 6.07) is -0.182. The molecule has 0 aromatic heterocycles. The topological polar surface area (TPSA) is 67.6 Å². The molecule has 0 aromatic rings. The molecule has 1 amide bonds. The van der Waals surface area contributed by atoms with E-state index in [-0.39, 0.29) is 42.2 Å². The Morgan fingerprint density at radius 2 is 1.86 bits per heavy atom. The van der Waals surface area contributed by atoms with Crippen LogP contribution in [0.1, 0.15) is 33.6 Å². The first-order valence-corrected chi connectivity index (χ1v) is 7.12. The molecule has 0 spiro atoms. The van der Waals surface area contributed by atoms with Crippen molar-refractivity contribution in [3.05, 3.63) is 0 Å². The molecule has 1 aliphatic rings. The maximum absolute atomic E-state index is 12.0. The van der Waals surface area contributed by atoms with Gasteiger partial charge in [0, 0.05) is 32.8 Å². The minimum Gasteiger partial charge on any atom is -0.383 e. The molecule has 1 fully saturated rings. The molecule has 128 valence electrons. The lowest BCUT2D eigenvalue weighted by Crippen LogP contribution is -2.53. The number of piperidine rings is 1. The Balaban J connectivity index is 0. The van der Waals surface area contributed by atoms with Gasteiger partial charge in [0.1, 0.15) is 0 Å². The summed E-state index contributed by atoms with van der Waals surface area (Å²) < 4.78 is 5.08. The average Bonchev–Trinajstić information content (AvgIpc) is 2.36. The van der Waals surface area contributed by atoms with Crippen LogP contribution < -0.4 is 11.1 Å². The fourth-order valence-corrected chi connectivity index (χ4v) is 2.21. The lowest BCUT2D eigenvalue weighted by molar-refractivity contribution is -0.125. The molecular weight excluding hydrogens is 313 g/mol. The molecule has 3 N–H and O–H groups in total. The van der Waals surface area contributed by atoms with E-state index in [1.807, 2.05) is 20.8 Å². The summed E-state index contributed by atoms with van der Waals surface area (Å²) in [5.74, 6) is -0.0251. The molecule has 5 nitrogen and oxygen atoms in total. The average molecular weight is 344 g/mol. The molecule has 0 unspecified atom stereocenters. The van der Waals surface area contributed by atoms with Crippen molar-refractivity contribution < 1.29 is 9.53 Å². The maximum Gasteiger partial charge on any atom is 0.237 e. The lowest BCUT2D eigenvalue weighted by Gasteiger charge is -2.34. The van der Waals surface area contributed by atoms with Crippen molar-refractivity contribution in [3.63, 3.8) is 0 Å². The summed E-state index contributed by atoms with van der Waals surface area (Å²) in [6.45, 7) is 9.74. The van der Waals surface area contributed by atoms with E-state index in [0.717, 1.165) is 39.1 Å². The number of nitrogens with zero attached hydrogens (tertiary/aromatic N) is 1. The van der Waals surface area contributed by atoms with Gasteiger partial charge in [-0.15, -0.1) is 24.8 Å². The third-order valence-electron chi connectivity index (χ3n) is 3.76. The first-order chi connectivity index (χ1) is 8.84. The zero-order chi connectivity index (χ0) is 14.5. The molecular formula is C14H31Cl2N3O2. The number of carbonyl (C=O) groups excluding carboxylic acids is 1. The zero-order valence-corrected chi connectivity index (χ0v) is 15.2. The zero-order valence-electron chi connectivity index (χ0n) is 13.6. The molecule has 0 bridgehead atoms. The number of hydrogen-bond donors (Lipinski definition) is 2. The molecule has 1 atom stereocenters. The van der Waals surface area contributed by atoms with Gasteiger partial charge in [-0.2, -0.15) is 0 Å². The van der Waals surface area contributed by atoms with Crippen LogP contribution in [0.5, 0.6) is 0 Å². The molecule has 0 aliphatic carbocycles. The number of likely N-dealkylation sites (tertiary alicyclic amines) is 1. The van der Waals surface area contributed by atoms with Crippen LogP contribution >= 0.6 is 24.8 Å². The fourth-order valence-electron chi connectivity index (χ4n) is 2.21. The van der Waals surface area contributed by atoms with Gasteiger partial charge in [0.15, 0.2) is 0 Å². The Kier molecular flexibility index (Phi) is 11.7. The highest BCUT2D eigenvalue weighted by Gasteiger charge is 2.29. The lowest BCUT2D eigenvalue weighted by atomic mass is 9.86. The quantitative estimate of drug-likeness (QED) is 0.792. The predicted molar refractivity (Wildman–Crippen MR) is 91.4 cm³/mol. The predicted octanol–water partition coefficient (Wildman–Crippen LogP) is 1.43. The largest absolute Gasteiger partial charge is 0.383 e. The van der Waals surface area contributed by atoms with Crippen LogP contribution in [0, 0.1) is 5.41 Å². The fraction of sp³-hybridized carbons (Fsp3) is 0.929. The molecule has 1 rings (SSSR count). The van der Waals surface area contributed by atoms with Crippen molar-refractivity contribution in [2.24, 2.45) is 11.1 Å². The number of amides is 1. The number of rotatable bonds is 5. The molecule has 21 heavy (non-hydrogen) atoms. The summed E-state index contributed by atoms with van der Waals surface area (Å²) >= 11 is 0. The van der Waals surface area contributed by atoms with Gasteiger partial charge in [0.2, 0.25) is 5.91 Å². The number of nitrogens with two attached hydrogens (primary N) is 1. The maximum atomic E-state index is 12.0. The van der Waals surface area contributed by atoms with Gasteiger partial charge in [-0.25, -0.2) is 0 Å². The van der Waals surface area contributed by atoms with Crippen LogP contribution in [0.2, 0.25) is 0 Å². The Hall–Kier alpha value is -0.0700. The number of methoxy groups -OCH3 is 1.